The fourth-order valence-electron chi connectivity index (χ4n) is 2.25. The SMILES string of the molecule is NNC(=O)c1ccc(OCCCCCCCCCCS)cc1. The lowest BCUT2D eigenvalue weighted by molar-refractivity contribution is 0.0953. The van der Waals surface area contributed by atoms with Gasteiger partial charge in [-0.3, -0.25) is 10.2 Å². The average molecular weight is 324 g/mol. The summed E-state index contributed by atoms with van der Waals surface area (Å²) in [7, 11) is 0. The maximum Gasteiger partial charge on any atom is 0.265 e. The number of nitrogens with one attached hydrogen (secondary N) is 1. The van der Waals surface area contributed by atoms with Crippen LogP contribution in [-0.2, 0) is 0 Å². The summed E-state index contributed by atoms with van der Waals surface area (Å²) in [6.45, 7) is 0.724. The summed E-state index contributed by atoms with van der Waals surface area (Å²) in [5, 5.41) is 0. The van der Waals surface area contributed by atoms with E-state index in [0.717, 1.165) is 24.5 Å². The Balaban J connectivity index is 2.01. The Morgan fingerprint density at radius 2 is 1.50 bits per heavy atom. The number of carbonyl (C=O) groups excluding carboxylic acids is 1. The van der Waals surface area contributed by atoms with E-state index in [0.29, 0.717) is 5.56 Å². The summed E-state index contributed by atoms with van der Waals surface area (Å²) < 4.78 is 5.66. The predicted octanol–water partition coefficient (Wildman–Crippen LogP) is 3.72. The van der Waals surface area contributed by atoms with Crippen molar-refractivity contribution in [2.45, 2.75) is 51.4 Å². The summed E-state index contributed by atoms with van der Waals surface area (Å²) in [6.07, 6.45) is 10.1. The predicted molar refractivity (Wildman–Crippen MR) is 94.4 cm³/mol. The number of carbonyl (C=O) groups is 1. The Labute approximate surface area is 139 Å². The van der Waals surface area contributed by atoms with Crippen LogP contribution < -0.4 is 16.0 Å². The van der Waals surface area contributed by atoms with Crippen LogP contribution in [0.3, 0.4) is 0 Å². The lowest BCUT2D eigenvalue weighted by Crippen LogP contribution is -2.29. The number of ether oxygens (including phenoxy) is 1. The van der Waals surface area contributed by atoms with E-state index < -0.39 is 0 Å². The molecule has 0 saturated carbocycles. The van der Waals surface area contributed by atoms with Gasteiger partial charge in [-0.2, -0.15) is 12.6 Å². The number of hydrogen-bond donors (Lipinski definition) is 3. The normalized spacial score (nSPS) is 10.5. The zero-order valence-electron chi connectivity index (χ0n) is 13.2. The van der Waals surface area contributed by atoms with E-state index in [9.17, 15) is 4.79 Å². The number of unbranched alkanes of at least 4 members (excludes halogenated alkanes) is 7. The van der Waals surface area contributed by atoms with Gasteiger partial charge < -0.3 is 4.74 Å². The van der Waals surface area contributed by atoms with Crippen LogP contribution in [0.25, 0.3) is 0 Å². The zero-order valence-corrected chi connectivity index (χ0v) is 14.1. The number of hydrazine groups is 1. The van der Waals surface area contributed by atoms with E-state index in [4.69, 9.17) is 10.6 Å². The molecule has 0 heterocycles. The smallest absolute Gasteiger partial charge is 0.265 e. The first kappa shape index (κ1) is 18.8. The maximum absolute atomic E-state index is 11.3. The van der Waals surface area contributed by atoms with E-state index in [-0.39, 0.29) is 5.91 Å². The highest BCUT2D eigenvalue weighted by atomic mass is 32.1. The molecular formula is C17H28N2O2S. The van der Waals surface area contributed by atoms with Crippen molar-refractivity contribution in [1.29, 1.82) is 0 Å². The summed E-state index contributed by atoms with van der Waals surface area (Å²) in [6, 6.07) is 7.02. The van der Waals surface area contributed by atoms with Crippen LogP contribution in [0.2, 0.25) is 0 Å². The molecule has 0 atom stereocenters. The lowest BCUT2D eigenvalue weighted by Gasteiger charge is -2.07. The minimum absolute atomic E-state index is 0.291. The van der Waals surface area contributed by atoms with Crippen LogP contribution in [0.15, 0.2) is 24.3 Å². The second-order valence-corrected chi connectivity index (χ2v) is 5.85. The molecule has 0 bridgehead atoms. The van der Waals surface area contributed by atoms with Gasteiger partial charge in [0.15, 0.2) is 0 Å². The van der Waals surface area contributed by atoms with Crippen molar-refractivity contribution in [3.05, 3.63) is 29.8 Å². The van der Waals surface area contributed by atoms with Crippen molar-refractivity contribution in [1.82, 2.24) is 5.43 Å². The molecule has 0 unspecified atom stereocenters. The third kappa shape index (κ3) is 8.29. The largest absolute Gasteiger partial charge is 0.494 e. The van der Waals surface area contributed by atoms with Crippen LogP contribution in [0.4, 0.5) is 0 Å². The molecule has 0 aromatic heterocycles. The van der Waals surface area contributed by atoms with Crippen molar-refractivity contribution in [2.75, 3.05) is 12.4 Å². The van der Waals surface area contributed by atoms with Gasteiger partial charge in [-0.15, -0.1) is 0 Å². The summed E-state index contributed by atoms with van der Waals surface area (Å²) in [4.78, 5) is 11.3. The van der Waals surface area contributed by atoms with Gasteiger partial charge in [-0.1, -0.05) is 38.5 Å². The average Bonchev–Trinajstić information content (AvgIpc) is 2.56. The molecule has 3 N–H and O–H groups in total. The maximum atomic E-state index is 11.3. The Hall–Kier alpha value is -1.20. The van der Waals surface area contributed by atoms with Gasteiger partial charge >= 0.3 is 0 Å². The quantitative estimate of drug-likeness (QED) is 0.180. The highest BCUT2D eigenvalue weighted by Gasteiger charge is 2.02. The number of rotatable bonds is 12. The van der Waals surface area contributed by atoms with Gasteiger partial charge in [-0.25, -0.2) is 5.84 Å². The number of thiol groups is 1. The molecule has 5 heteroatoms. The van der Waals surface area contributed by atoms with Crippen molar-refractivity contribution in [3.63, 3.8) is 0 Å². The molecule has 0 aliphatic carbocycles. The van der Waals surface area contributed by atoms with Crippen LogP contribution in [-0.4, -0.2) is 18.3 Å². The number of amides is 1. The standard InChI is InChI=1S/C17H28N2O2S/c18-19-17(20)15-9-11-16(12-10-15)21-13-7-5-3-1-2-4-6-8-14-22/h9-12,22H,1-8,13-14,18H2,(H,19,20). The van der Waals surface area contributed by atoms with Crippen LogP contribution in [0, 0.1) is 0 Å². The summed E-state index contributed by atoms with van der Waals surface area (Å²) >= 11 is 4.21. The monoisotopic (exact) mass is 324 g/mol. The van der Waals surface area contributed by atoms with Gasteiger partial charge in [0.05, 0.1) is 6.61 Å². The van der Waals surface area contributed by atoms with Gasteiger partial charge in [0.25, 0.3) is 5.91 Å². The Morgan fingerprint density at radius 1 is 0.955 bits per heavy atom. The topological polar surface area (TPSA) is 64.3 Å². The third-order valence-corrected chi connectivity index (χ3v) is 3.89. The van der Waals surface area contributed by atoms with Crippen molar-refractivity contribution < 1.29 is 9.53 Å². The molecule has 1 amide bonds. The molecule has 0 fully saturated rings. The van der Waals surface area contributed by atoms with Crippen LogP contribution >= 0.6 is 12.6 Å². The molecule has 1 aromatic rings. The lowest BCUT2D eigenvalue weighted by atomic mass is 10.1. The van der Waals surface area contributed by atoms with Crippen LogP contribution in [0.1, 0.15) is 61.7 Å². The van der Waals surface area contributed by atoms with Gasteiger partial charge in [-0.05, 0) is 42.9 Å². The molecule has 0 aliphatic heterocycles. The summed E-state index contributed by atoms with van der Waals surface area (Å²) in [5.41, 5.74) is 2.64. The van der Waals surface area contributed by atoms with Gasteiger partial charge in [0, 0.05) is 5.56 Å². The second kappa shape index (κ2) is 12.4. The van der Waals surface area contributed by atoms with E-state index in [1.54, 1.807) is 24.3 Å². The first-order valence-corrected chi connectivity index (χ1v) is 8.76. The molecule has 124 valence electrons. The number of benzene rings is 1. The fraction of sp³-hybridized carbons (Fsp3) is 0.588. The molecule has 0 aliphatic rings. The third-order valence-electron chi connectivity index (χ3n) is 3.57. The molecule has 22 heavy (non-hydrogen) atoms. The fourth-order valence-corrected chi connectivity index (χ4v) is 2.47. The highest BCUT2D eigenvalue weighted by Crippen LogP contribution is 2.13. The molecule has 0 spiro atoms. The van der Waals surface area contributed by atoms with E-state index in [1.165, 1.54) is 44.9 Å². The first-order chi connectivity index (χ1) is 10.8. The van der Waals surface area contributed by atoms with Gasteiger partial charge in [0.1, 0.15) is 5.75 Å². The van der Waals surface area contributed by atoms with Crippen molar-refractivity contribution >= 4 is 18.5 Å². The number of nitrogen functional groups attached to an aromatic ring is 1. The first-order valence-electron chi connectivity index (χ1n) is 8.12. The molecule has 0 radical (unpaired) electrons. The summed E-state index contributed by atoms with van der Waals surface area (Å²) in [5.74, 6) is 6.59. The highest BCUT2D eigenvalue weighted by molar-refractivity contribution is 7.80. The van der Waals surface area contributed by atoms with Crippen molar-refractivity contribution in [2.24, 2.45) is 5.84 Å². The molecular weight excluding hydrogens is 296 g/mol. The van der Waals surface area contributed by atoms with E-state index in [2.05, 4.69) is 18.1 Å². The Morgan fingerprint density at radius 3 is 2.05 bits per heavy atom. The van der Waals surface area contributed by atoms with E-state index in [1.807, 2.05) is 0 Å². The van der Waals surface area contributed by atoms with Crippen molar-refractivity contribution in [3.8, 4) is 5.75 Å². The number of nitrogens with two attached hydrogens (primary N) is 1. The molecule has 4 nitrogen and oxygen atoms in total. The minimum Gasteiger partial charge on any atom is -0.494 e. The minimum atomic E-state index is -0.291. The van der Waals surface area contributed by atoms with E-state index >= 15 is 0 Å². The second-order valence-electron chi connectivity index (χ2n) is 5.40. The zero-order chi connectivity index (χ0) is 16.0. The number of hydrogen-bond acceptors (Lipinski definition) is 4. The molecule has 1 rings (SSSR count). The Kier molecular flexibility index (Phi) is 10.6. The molecule has 0 saturated heterocycles. The molecule has 1 aromatic carbocycles. The van der Waals surface area contributed by atoms with Gasteiger partial charge in [0.2, 0.25) is 0 Å². The Bertz CT molecular complexity index is 410. The van der Waals surface area contributed by atoms with Crippen LogP contribution in [0.5, 0.6) is 5.75 Å².